The largest absolute Gasteiger partial charge is 0.409 e. The smallest absolute Gasteiger partial charge is 0.143 e. The highest BCUT2D eigenvalue weighted by Gasteiger charge is 2.09. The normalized spacial score (nSPS) is 16.0. The first-order chi connectivity index (χ1) is 7.63. The molecule has 1 aromatic rings. The molecule has 0 aliphatic carbocycles. The van der Waals surface area contributed by atoms with Gasteiger partial charge in [0.25, 0.3) is 0 Å². The number of nitrogens with two attached hydrogens (primary N) is 1. The lowest BCUT2D eigenvalue weighted by molar-refractivity contribution is 0.313. The van der Waals surface area contributed by atoms with Crippen molar-refractivity contribution in [1.82, 2.24) is 5.32 Å². The predicted octanol–water partition coefficient (Wildman–Crippen LogP) is 1.65. The van der Waals surface area contributed by atoms with Gasteiger partial charge in [0.15, 0.2) is 0 Å². The summed E-state index contributed by atoms with van der Waals surface area (Å²) >= 11 is 1.71. The monoisotopic (exact) mass is 241 g/mol. The minimum atomic E-state index is 0.0509. The molecular weight excluding hydrogens is 222 g/mol. The minimum absolute atomic E-state index is 0.0509. The number of thiophene rings is 1. The van der Waals surface area contributed by atoms with E-state index in [9.17, 15) is 0 Å². The third-order valence-corrected chi connectivity index (χ3v) is 3.25. The molecule has 0 bridgehead atoms. The summed E-state index contributed by atoms with van der Waals surface area (Å²) in [4.78, 5) is 0. The third-order valence-electron chi connectivity index (χ3n) is 2.51. The van der Waals surface area contributed by atoms with E-state index in [2.05, 4.69) is 34.2 Å². The third kappa shape index (κ3) is 4.20. The first kappa shape index (κ1) is 13.0. The second kappa shape index (κ2) is 6.50. The van der Waals surface area contributed by atoms with Gasteiger partial charge in [0.2, 0.25) is 0 Å². The van der Waals surface area contributed by atoms with Gasteiger partial charge in [0, 0.05) is 18.5 Å². The van der Waals surface area contributed by atoms with Gasteiger partial charge >= 0.3 is 0 Å². The van der Waals surface area contributed by atoms with Crippen LogP contribution < -0.4 is 11.1 Å². The SMILES string of the molecule is CC(Cc1ccsc1)NCC(C)C(N)=NO. The zero-order chi connectivity index (χ0) is 12.0. The highest BCUT2D eigenvalue weighted by molar-refractivity contribution is 7.07. The average Bonchev–Trinajstić information content (AvgIpc) is 2.77. The van der Waals surface area contributed by atoms with E-state index >= 15 is 0 Å². The minimum Gasteiger partial charge on any atom is -0.409 e. The molecule has 5 heteroatoms. The van der Waals surface area contributed by atoms with Crippen molar-refractivity contribution >= 4 is 17.2 Å². The van der Waals surface area contributed by atoms with Crippen LogP contribution >= 0.6 is 11.3 Å². The molecule has 0 fully saturated rings. The fourth-order valence-electron chi connectivity index (χ4n) is 1.42. The lowest BCUT2D eigenvalue weighted by Crippen LogP contribution is -2.36. The Balaban J connectivity index is 2.27. The van der Waals surface area contributed by atoms with Crippen molar-refractivity contribution in [3.8, 4) is 0 Å². The highest BCUT2D eigenvalue weighted by atomic mass is 32.1. The Morgan fingerprint density at radius 3 is 2.94 bits per heavy atom. The summed E-state index contributed by atoms with van der Waals surface area (Å²) in [5.41, 5.74) is 6.85. The molecule has 0 saturated carbocycles. The van der Waals surface area contributed by atoms with Crippen LogP contribution in [0.1, 0.15) is 19.4 Å². The summed E-state index contributed by atoms with van der Waals surface area (Å²) in [6.45, 7) is 4.79. The molecule has 16 heavy (non-hydrogen) atoms. The molecule has 1 heterocycles. The van der Waals surface area contributed by atoms with E-state index in [0.29, 0.717) is 6.04 Å². The summed E-state index contributed by atoms with van der Waals surface area (Å²) in [5.74, 6) is 0.324. The Morgan fingerprint density at radius 1 is 1.62 bits per heavy atom. The fourth-order valence-corrected chi connectivity index (χ4v) is 2.10. The Morgan fingerprint density at radius 2 is 2.38 bits per heavy atom. The van der Waals surface area contributed by atoms with Crippen LogP contribution in [0.25, 0.3) is 0 Å². The van der Waals surface area contributed by atoms with E-state index in [1.807, 2.05) is 6.92 Å². The van der Waals surface area contributed by atoms with Gasteiger partial charge in [-0.25, -0.2) is 0 Å². The van der Waals surface area contributed by atoms with Crippen molar-refractivity contribution in [2.75, 3.05) is 6.54 Å². The van der Waals surface area contributed by atoms with Crippen LogP contribution in [0.3, 0.4) is 0 Å². The topological polar surface area (TPSA) is 70.6 Å². The molecule has 2 unspecified atom stereocenters. The van der Waals surface area contributed by atoms with E-state index < -0.39 is 0 Å². The average molecular weight is 241 g/mol. The number of hydrogen-bond acceptors (Lipinski definition) is 4. The summed E-state index contributed by atoms with van der Waals surface area (Å²) in [7, 11) is 0. The summed E-state index contributed by atoms with van der Waals surface area (Å²) < 4.78 is 0. The number of oxime groups is 1. The van der Waals surface area contributed by atoms with Crippen molar-refractivity contribution in [3.63, 3.8) is 0 Å². The fraction of sp³-hybridized carbons (Fsp3) is 0.545. The van der Waals surface area contributed by atoms with E-state index in [-0.39, 0.29) is 11.8 Å². The molecule has 0 amide bonds. The van der Waals surface area contributed by atoms with Crippen molar-refractivity contribution in [3.05, 3.63) is 22.4 Å². The van der Waals surface area contributed by atoms with Gasteiger partial charge in [-0.15, -0.1) is 0 Å². The van der Waals surface area contributed by atoms with Crippen LogP contribution in [0.4, 0.5) is 0 Å². The molecule has 0 aromatic carbocycles. The lowest BCUT2D eigenvalue weighted by Gasteiger charge is -2.16. The van der Waals surface area contributed by atoms with Crippen molar-refractivity contribution in [1.29, 1.82) is 0 Å². The maximum absolute atomic E-state index is 8.51. The number of amidine groups is 1. The van der Waals surface area contributed by atoms with Gasteiger partial charge in [0.05, 0.1) is 0 Å². The predicted molar refractivity (Wildman–Crippen MR) is 68.1 cm³/mol. The Labute approximate surface area is 100 Å². The molecular formula is C11H19N3OS. The van der Waals surface area contributed by atoms with E-state index in [4.69, 9.17) is 10.9 Å². The Kier molecular flexibility index (Phi) is 5.28. The van der Waals surface area contributed by atoms with Crippen LogP contribution in [0.15, 0.2) is 22.0 Å². The molecule has 2 atom stereocenters. The van der Waals surface area contributed by atoms with Crippen LogP contribution in [-0.2, 0) is 6.42 Å². The molecule has 0 saturated heterocycles. The quantitative estimate of drug-likeness (QED) is 0.307. The lowest BCUT2D eigenvalue weighted by atomic mass is 10.1. The van der Waals surface area contributed by atoms with Crippen LogP contribution in [0.5, 0.6) is 0 Å². The zero-order valence-electron chi connectivity index (χ0n) is 9.68. The molecule has 4 nitrogen and oxygen atoms in total. The molecule has 0 aliphatic heterocycles. The Hall–Kier alpha value is -1.07. The molecule has 1 rings (SSSR count). The highest BCUT2D eigenvalue weighted by Crippen LogP contribution is 2.08. The number of nitrogens with zero attached hydrogens (tertiary/aromatic N) is 1. The first-order valence-corrected chi connectivity index (χ1v) is 6.29. The van der Waals surface area contributed by atoms with Gasteiger partial charge in [-0.3, -0.25) is 0 Å². The van der Waals surface area contributed by atoms with Gasteiger partial charge in [-0.2, -0.15) is 11.3 Å². The van der Waals surface area contributed by atoms with E-state index in [1.165, 1.54) is 5.56 Å². The molecule has 0 aliphatic rings. The summed E-state index contributed by atoms with van der Waals surface area (Å²) in [6.07, 6.45) is 1.01. The van der Waals surface area contributed by atoms with E-state index in [1.54, 1.807) is 11.3 Å². The Bertz CT molecular complexity index is 324. The van der Waals surface area contributed by atoms with Gasteiger partial charge in [0.1, 0.15) is 5.84 Å². The molecule has 1 aromatic heterocycles. The van der Waals surface area contributed by atoms with Crippen LogP contribution in [0.2, 0.25) is 0 Å². The number of hydrogen-bond donors (Lipinski definition) is 3. The standard InChI is InChI=1S/C11H19N3OS/c1-8(11(12)14-15)6-13-9(2)5-10-3-4-16-7-10/h3-4,7-9,13,15H,5-6H2,1-2H3,(H2,12,14). The molecule has 0 radical (unpaired) electrons. The summed E-state index contributed by atoms with van der Waals surface area (Å²) in [6, 6.07) is 2.53. The zero-order valence-corrected chi connectivity index (χ0v) is 10.5. The first-order valence-electron chi connectivity index (χ1n) is 5.35. The van der Waals surface area contributed by atoms with Gasteiger partial charge in [-0.05, 0) is 35.7 Å². The van der Waals surface area contributed by atoms with Crippen LogP contribution in [-0.4, -0.2) is 23.6 Å². The number of rotatable bonds is 6. The second-order valence-corrected chi connectivity index (χ2v) is 4.85. The van der Waals surface area contributed by atoms with E-state index in [0.717, 1.165) is 13.0 Å². The van der Waals surface area contributed by atoms with Crippen LogP contribution in [0, 0.1) is 5.92 Å². The maximum atomic E-state index is 8.51. The van der Waals surface area contributed by atoms with Gasteiger partial charge < -0.3 is 16.3 Å². The molecule has 90 valence electrons. The molecule has 4 N–H and O–H groups in total. The number of nitrogens with one attached hydrogen (secondary N) is 1. The summed E-state index contributed by atoms with van der Waals surface area (Å²) in [5, 5.41) is 19.1. The van der Waals surface area contributed by atoms with Crippen molar-refractivity contribution in [2.45, 2.75) is 26.3 Å². The van der Waals surface area contributed by atoms with Crippen molar-refractivity contribution in [2.24, 2.45) is 16.8 Å². The molecule has 0 spiro atoms. The van der Waals surface area contributed by atoms with Crippen molar-refractivity contribution < 1.29 is 5.21 Å². The van der Waals surface area contributed by atoms with Gasteiger partial charge in [-0.1, -0.05) is 12.1 Å². The second-order valence-electron chi connectivity index (χ2n) is 4.07. The maximum Gasteiger partial charge on any atom is 0.143 e.